The Bertz CT molecular complexity index is 752. The van der Waals surface area contributed by atoms with Crippen molar-refractivity contribution in [3.63, 3.8) is 0 Å². The molecule has 0 aliphatic rings. The molecule has 0 saturated heterocycles. The van der Waals surface area contributed by atoms with E-state index in [1.54, 1.807) is 29.5 Å². The SMILES string of the molecule is CCNC(=NCc1ccccc1OCC(F)(F)F)NCCc1ncc(C)s1.I. The first kappa shape index (κ1) is 24.5. The number of guanidine groups is 1. The van der Waals surface area contributed by atoms with Crippen molar-refractivity contribution in [3.05, 3.63) is 45.9 Å². The van der Waals surface area contributed by atoms with E-state index in [-0.39, 0.29) is 36.3 Å². The summed E-state index contributed by atoms with van der Waals surface area (Å²) in [6.45, 7) is 4.18. The van der Waals surface area contributed by atoms with Crippen molar-refractivity contribution in [3.8, 4) is 5.75 Å². The Morgan fingerprint density at radius 2 is 2.00 bits per heavy atom. The van der Waals surface area contributed by atoms with Gasteiger partial charge in [0, 0.05) is 36.1 Å². The molecule has 28 heavy (non-hydrogen) atoms. The minimum atomic E-state index is -4.37. The molecule has 0 spiro atoms. The van der Waals surface area contributed by atoms with Gasteiger partial charge in [-0.1, -0.05) is 18.2 Å². The summed E-state index contributed by atoms with van der Waals surface area (Å²) in [7, 11) is 0. The van der Waals surface area contributed by atoms with E-state index in [4.69, 9.17) is 4.74 Å². The molecule has 0 radical (unpaired) electrons. The number of nitrogens with zero attached hydrogens (tertiary/aromatic N) is 2. The summed E-state index contributed by atoms with van der Waals surface area (Å²) in [5, 5.41) is 7.37. The quantitative estimate of drug-likeness (QED) is 0.305. The first-order valence-corrected chi connectivity index (χ1v) is 9.40. The molecule has 10 heteroatoms. The molecule has 0 atom stereocenters. The van der Waals surface area contributed by atoms with Gasteiger partial charge in [0.2, 0.25) is 0 Å². The summed E-state index contributed by atoms with van der Waals surface area (Å²) in [6, 6.07) is 6.60. The molecular formula is C18H24F3IN4OS. The maximum absolute atomic E-state index is 12.4. The maximum atomic E-state index is 12.4. The van der Waals surface area contributed by atoms with Gasteiger partial charge in [0.1, 0.15) is 5.75 Å². The molecule has 0 unspecified atom stereocenters. The van der Waals surface area contributed by atoms with E-state index in [2.05, 4.69) is 20.6 Å². The van der Waals surface area contributed by atoms with Crippen molar-refractivity contribution in [2.45, 2.75) is 33.0 Å². The predicted octanol–water partition coefficient (Wildman–Crippen LogP) is 4.31. The van der Waals surface area contributed by atoms with Gasteiger partial charge in [-0.3, -0.25) is 0 Å². The van der Waals surface area contributed by atoms with E-state index >= 15 is 0 Å². The number of hydrogen-bond acceptors (Lipinski definition) is 4. The molecule has 0 saturated carbocycles. The van der Waals surface area contributed by atoms with E-state index in [0.29, 0.717) is 24.6 Å². The van der Waals surface area contributed by atoms with Crippen LogP contribution in [0.2, 0.25) is 0 Å². The second kappa shape index (κ2) is 12.1. The lowest BCUT2D eigenvalue weighted by molar-refractivity contribution is -0.153. The van der Waals surface area contributed by atoms with Crippen LogP contribution >= 0.6 is 35.3 Å². The number of rotatable bonds is 8. The number of alkyl halides is 3. The molecule has 1 aromatic heterocycles. The van der Waals surface area contributed by atoms with Crippen LogP contribution in [-0.4, -0.2) is 36.8 Å². The van der Waals surface area contributed by atoms with Gasteiger partial charge >= 0.3 is 6.18 Å². The van der Waals surface area contributed by atoms with E-state index < -0.39 is 12.8 Å². The Kier molecular flexibility index (Phi) is 10.6. The fourth-order valence-corrected chi connectivity index (χ4v) is 3.03. The Balaban J connectivity index is 0.00000392. The molecule has 156 valence electrons. The van der Waals surface area contributed by atoms with Crippen molar-refractivity contribution >= 4 is 41.3 Å². The molecule has 1 heterocycles. The number of aromatic nitrogens is 1. The fraction of sp³-hybridized carbons (Fsp3) is 0.444. The van der Waals surface area contributed by atoms with Crippen LogP contribution in [0.25, 0.3) is 0 Å². The van der Waals surface area contributed by atoms with Crippen molar-refractivity contribution in [2.24, 2.45) is 4.99 Å². The molecule has 0 bridgehead atoms. The first-order chi connectivity index (χ1) is 12.9. The molecule has 2 rings (SSSR count). The molecule has 0 aliphatic heterocycles. The highest BCUT2D eigenvalue weighted by Crippen LogP contribution is 2.22. The van der Waals surface area contributed by atoms with Gasteiger partial charge in [0.05, 0.1) is 11.6 Å². The fourth-order valence-electron chi connectivity index (χ4n) is 2.25. The summed E-state index contributed by atoms with van der Waals surface area (Å²) in [4.78, 5) is 9.92. The van der Waals surface area contributed by atoms with Gasteiger partial charge in [-0.15, -0.1) is 35.3 Å². The largest absolute Gasteiger partial charge is 0.484 e. The Hall–Kier alpha value is -1.56. The Labute approximate surface area is 183 Å². The average Bonchev–Trinajstić information content (AvgIpc) is 3.03. The lowest BCUT2D eigenvalue weighted by atomic mass is 10.2. The van der Waals surface area contributed by atoms with E-state index in [1.807, 2.05) is 20.0 Å². The molecule has 5 nitrogen and oxygen atoms in total. The number of thiazole rings is 1. The zero-order valence-electron chi connectivity index (χ0n) is 15.7. The number of para-hydroxylation sites is 1. The van der Waals surface area contributed by atoms with E-state index in [1.165, 1.54) is 10.9 Å². The first-order valence-electron chi connectivity index (χ1n) is 8.58. The van der Waals surface area contributed by atoms with Crippen molar-refractivity contribution in [2.75, 3.05) is 19.7 Å². The summed E-state index contributed by atoms with van der Waals surface area (Å²) >= 11 is 1.65. The predicted molar refractivity (Wildman–Crippen MR) is 117 cm³/mol. The van der Waals surface area contributed by atoms with Crippen LogP contribution in [-0.2, 0) is 13.0 Å². The molecule has 0 aliphatic carbocycles. The number of aryl methyl sites for hydroxylation is 1. The third-order valence-corrected chi connectivity index (χ3v) is 4.39. The topological polar surface area (TPSA) is 58.5 Å². The standard InChI is InChI=1S/C18H23F3N4OS.HI/c1-3-22-17(23-9-8-16-24-10-13(2)27-16)25-11-14-6-4-5-7-15(14)26-12-18(19,20)21;/h4-7,10H,3,8-9,11-12H2,1-2H3,(H2,22,23,25);1H. The van der Waals surface area contributed by atoms with Crippen LogP contribution in [0, 0.1) is 6.92 Å². The van der Waals surface area contributed by atoms with E-state index in [9.17, 15) is 13.2 Å². The Morgan fingerprint density at radius 1 is 1.25 bits per heavy atom. The van der Waals surface area contributed by atoms with Crippen LogP contribution in [0.15, 0.2) is 35.5 Å². The molecular weight excluding hydrogens is 504 g/mol. The molecule has 2 N–H and O–H groups in total. The van der Waals surface area contributed by atoms with Gasteiger partial charge in [0.25, 0.3) is 0 Å². The highest BCUT2D eigenvalue weighted by atomic mass is 127. The second-order valence-electron chi connectivity index (χ2n) is 5.75. The van der Waals surface area contributed by atoms with Gasteiger partial charge in [0.15, 0.2) is 12.6 Å². The summed E-state index contributed by atoms with van der Waals surface area (Å²) in [5.41, 5.74) is 0.592. The number of ether oxygens (including phenoxy) is 1. The monoisotopic (exact) mass is 528 g/mol. The van der Waals surface area contributed by atoms with Gasteiger partial charge in [-0.2, -0.15) is 13.2 Å². The molecule has 0 fully saturated rings. The highest BCUT2D eigenvalue weighted by molar-refractivity contribution is 14.0. The van der Waals surface area contributed by atoms with Crippen LogP contribution in [0.5, 0.6) is 5.75 Å². The Morgan fingerprint density at radius 3 is 2.64 bits per heavy atom. The number of nitrogens with one attached hydrogen (secondary N) is 2. The smallest absolute Gasteiger partial charge is 0.422 e. The lowest BCUT2D eigenvalue weighted by Crippen LogP contribution is -2.38. The maximum Gasteiger partial charge on any atom is 0.422 e. The number of halogens is 4. The zero-order valence-corrected chi connectivity index (χ0v) is 18.8. The number of hydrogen-bond donors (Lipinski definition) is 2. The van der Waals surface area contributed by atoms with Crippen LogP contribution in [0.4, 0.5) is 13.2 Å². The average molecular weight is 528 g/mol. The minimum absolute atomic E-state index is 0. The van der Waals surface area contributed by atoms with Crippen molar-refractivity contribution in [1.29, 1.82) is 0 Å². The van der Waals surface area contributed by atoms with Crippen LogP contribution in [0.3, 0.4) is 0 Å². The van der Waals surface area contributed by atoms with Gasteiger partial charge < -0.3 is 15.4 Å². The lowest BCUT2D eigenvalue weighted by Gasteiger charge is -2.13. The summed E-state index contributed by atoms with van der Waals surface area (Å²) < 4.78 is 42.1. The van der Waals surface area contributed by atoms with Crippen LogP contribution in [0.1, 0.15) is 22.4 Å². The van der Waals surface area contributed by atoms with Crippen molar-refractivity contribution < 1.29 is 17.9 Å². The number of aliphatic imine (C=N–C) groups is 1. The number of benzene rings is 1. The minimum Gasteiger partial charge on any atom is -0.484 e. The van der Waals surface area contributed by atoms with E-state index in [0.717, 1.165) is 11.4 Å². The van der Waals surface area contributed by atoms with Gasteiger partial charge in [-0.05, 0) is 19.9 Å². The zero-order chi connectivity index (χ0) is 19.7. The van der Waals surface area contributed by atoms with Crippen LogP contribution < -0.4 is 15.4 Å². The second-order valence-corrected chi connectivity index (χ2v) is 7.07. The summed E-state index contributed by atoms with van der Waals surface area (Å²) in [6.07, 6.45) is -1.76. The third kappa shape index (κ3) is 9.09. The molecule has 1 aromatic carbocycles. The third-order valence-electron chi connectivity index (χ3n) is 3.42. The van der Waals surface area contributed by atoms with Gasteiger partial charge in [-0.25, -0.2) is 9.98 Å². The normalized spacial score (nSPS) is 11.7. The summed E-state index contributed by atoms with van der Waals surface area (Å²) in [5.74, 6) is 0.782. The highest BCUT2D eigenvalue weighted by Gasteiger charge is 2.28. The van der Waals surface area contributed by atoms with Crippen molar-refractivity contribution in [1.82, 2.24) is 15.6 Å². The molecule has 0 amide bonds. The molecule has 2 aromatic rings.